The van der Waals surface area contributed by atoms with E-state index in [1.807, 2.05) is 0 Å². The molecule has 0 bridgehead atoms. The summed E-state index contributed by atoms with van der Waals surface area (Å²) >= 11 is 0. The van der Waals surface area contributed by atoms with Gasteiger partial charge in [0.25, 0.3) is 0 Å². The molecule has 0 heterocycles. The van der Waals surface area contributed by atoms with Crippen molar-refractivity contribution >= 4 is 11.9 Å². The number of carbonyl (C=O) groups is 2. The van der Waals surface area contributed by atoms with Crippen molar-refractivity contribution in [3.8, 4) is 0 Å². The van der Waals surface area contributed by atoms with E-state index in [0.717, 1.165) is 0 Å². The molecule has 1 N–H and O–H groups in total. The smallest absolute Gasteiger partial charge is 0.548 e. The average Bonchev–Trinajstić information content (AvgIpc) is 1.63. The van der Waals surface area contributed by atoms with Crippen LogP contribution in [0, 0.1) is 0 Å². The molecule has 0 aromatic rings. The van der Waals surface area contributed by atoms with Crippen LogP contribution in [0.25, 0.3) is 0 Å². The Bertz CT molecular complexity index is 137. The van der Waals surface area contributed by atoms with E-state index in [-0.39, 0.29) is 23.0 Å². The van der Waals surface area contributed by atoms with Gasteiger partial charge in [0, 0.05) is 6.92 Å². The molecule has 0 radical (unpaired) electrons. The molecule has 0 saturated heterocycles. The maximum atomic E-state index is 10.2. The van der Waals surface area contributed by atoms with Crippen LogP contribution in [-0.2, 0) is 26.7 Å². The van der Waals surface area contributed by atoms with Gasteiger partial charge in [-0.3, -0.25) is 4.79 Å². The molecule has 0 unspecified atom stereocenters. The summed E-state index contributed by atoms with van der Waals surface area (Å²) < 4.78 is 0. The number of carboxylic acids is 1. The second kappa shape index (κ2) is 5.26. The maximum absolute atomic E-state index is 10.2. The van der Waals surface area contributed by atoms with Crippen molar-refractivity contribution in [1.29, 1.82) is 0 Å². The minimum Gasteiger partial charge on any atom is -0.548 e. The van der Waals surface area contributed by atoms with E-state index in [2.05, 4.69) is 5.32 Å². The van der Waals surface area contributed by atoms with Crippen molar-refractivity contribution in [2.24, 2.45) is 0 Å². The van der Waals surface area contributed by atoms with Gasteiger partial charge in [-0.1, -0.05) is 0 Å². The van der Waals surface area contributed by atoms with E-state index in [0.29, 0.717) is 0 Å². The predicted octanol–water partition coefficient (Wildman–Crippen LogP) is -1.74. The van der Waals surface area contributed by atoms with Crippen molar-refractivity contribution in [2.45, 2.75) is 19.9 Å². The summed E-state index contributed by atoms with van der Waals surface area (Å²) in [5, 5.41) is 12.1. The maximum Gasteiger partial charge on any atom is 1.00 e. The minimum absolute atomic E-state index is 0. The Morgan fingerprint density at radius 2 is 1.90 bits per heavy atom. The number of amides is 1. The number of hydrogen-bond donors (Lipinski definition) is 1. The normalized spacial score (nSPS) is 11.0. The van der Waals surface area contributed by atoms with Crippen LogP contribution in [0.5, 0.6) is 0 Å². The molecule has 0 aliphatic carbocycles. The molecule has 0 aromatic carbocycles. The summed E-state index contributed by atoms with van der Waals surface area (Å²) in [4.78, 5) is 20.1. The Hall–Kier alpha value is -0.541. The van der Waals surface area contributed by atoms with Gasteiger partial charge in [0.2, 0.25) is 5.91 Å². The van der Waals surface area contributed by atoms with Gasteiger partial charge in [-0.25, -0.2) is 0 Å². The van der Waals surface area contributed by atoms with Gasteiger partial charge in [0.05, 0.1) is 12.0 Å². The molecule has 1 atom stereocenters. The number of carboxylic acid groups (broad SMARTS) is 1. The molecule has 0 rings (SSSR count). The summed E-state index contributed by atoms with van der Waals surface area (Å²) in [6.07, 6.45) is 0. The standard InChI is InChI=1S/C5H9NO3.Cu/c1-3(5(8)9)6-4(2)7;/h3H,1-2H3,(H,6,7)(H,8,9);/q;+1/p-1/t3-;/m0./s1. The van der Waals surface area contributed by atoms with Gasteiger partial charge in [0.1, 0.15) is 0 Å². The molecule has 0 aliphatic heterocycles. The molecule has 0 saturated carbocycles. The van der Waals surface area contributed by atoms with Crippen LogP contribution in [0.2, 0.25) is 0 Å². The van der Waals surface area contributed by atoms with E-state index in [4.69, 9.17) is 0 Å². The Balaban J connectivity index is 0. The zero-order valence-corrected chi connectivity index (χ0v) is 6.55. The van der Waals surface area contributed by atoms with Crippen molar-refractivity contribution in [1.82, 2.24) is 5.32 Å². The Morgan fingerprint density at radius 1 is 1.50 bits per heavy atom. The SMILES string of the molecule is CC(=O)N[C@@H](C)C(=O)[O-].[Cu+]. The van der Waals surface area contributed by atoms with Gasteiger partial charge in [-0.2, -0.15) is 0 Å². The fraction of sp³-hybridized carbons (Fsp3) is 0.600. The third-order valence-corrected chi connectivity index (χ3v) is 0.773. The van der Waals surface area contributed by atoms with E-state index < -0.39 is 12.0 Å². The molecular formula is C5H8CuNO3. The zero-order valence-electron chi connectivity index (χ0n) is 5.60. The molecule has 4 nitrogen and oxygen atoms in total. The van der Waals surface area contributed by atoms with Crippen LogP contribution in [0.1, 0.15) is 13.8 Å². The van der Waals surface area contributed by atoms with Gasteiger partial charge in [-0.15, -0.1) is 0 Å². The molecular weight excluding hydrogens is 186 g/mol. The summed E-state index contributed by atoms with van der Waals surface area (Å²) in [5.74, 6) is -1.64. The van der Waals surface area contributed by atoms with E-state index in [1.165, 1.54) is 13.8 Å². The summed E-state index contributed by atoms with van der Waals surface area (Å²) in [7, 11) is 0. The van der Waals surface area contributed by atoms with Crippen LogP contribution in [-0.4, -0.2) is 17.9 Å². The quantitative estimate of drug-likeness (QED) is 0.530. The number of carbonyl (C=O) groups excluding carboxylic acids is 2. The molecule has 0 aliphatic rings. The first kappa shape index (κ1) is 12.2. The number of aliphatic carboxylic acids is 1. The van der Waals surface area contributed by atoms with Crippen LogP contribution in [0.4, 0.5) is 0 Å². The van der Waals surface area contributed by atoms with Gasteiger partial charge in [0.15, 0.2) is 0 Å². The van der Waals surface area contributed by atoms with Gasteiger partial charge < -0.3 is 15.2 Å². The fourth-order valence-corrected chi connectivity index (χ4v) is 0.364. The molecule has 1 amide bonds. The second-order valence-corrected chi connectivity index (χ2v) is 1.74. The summed E-state index contributed by atoms with van der Waals surface area (Å²) in [6, 6.07) is -0.900. The molecule has 5 heteroatoms. The third kappa shape index (κ3) is 5.59. The largest absolute Gasteiger partial charge is 1.00 e. The number of rotatable bonds is 2. The molecule has 0 spiro atoms. The van der Waals surface area contributed by atoms with Crippen molar-refractivity contribution in [2.75, 3.05) is 0 Å². The summed E-state index contributed by atoms with van der Waals surface area (Å²) in [5.41, 5.74) is 0. The minimum atomic E-state index is -1.27. The Morgan fingerprint density at radius 3 is 2.00 bits per heavy atom. The molecule has 0 fully saturated rings. The van der Waals surface area contributed by atoms with Crippen molar-refractivity contribution in [3.05, 3.63) is 0 Å². The van der Waals surface area contributed by atoms with Crippen LogP contribution >= 0.6 is 0 Å². The fourth-order valence-electron chi connectivity index (χ4n) is 0.364. The first-order valence-corrected chi connectivity index (χ1v) is 2.52. The Kier molecular flexibility index (Phi) is 6.40. The first-order valence-electron chi connectivity index (χ1n) is 2.52. The van der Waals surface area contributed by atoms with E-state index >= 15 is 0 Å². The van der Waals surface area contributed by atoms with Crippen LogP contribution < -0.4 is 10.4 Å². The summed E-state index contributed by atoms with van der Waals surface area (Å²) in [6.45, 7) is 2.59. The molecule has 62 valence electrons. The zero-order chi connectivity index (χ0) is 7.44. The van der Waals surface area contributed by atoms with Crippen LogP contribution in [0.15, 0.2) is 0 Å². The van der Waals surface area contributed by atoms with Gasteiger partial charge >= 0.3 is 17.1 Å². The second-order valence-electron chi connectivity index (χ2n) is 1.74. The van der Waals surface area contributed by atoms with Gasteiger partial charge in [-0.05, 0) is 6.92 Å². The van der Waals surface area contributed by atoms with Crippen LogP contribution in [0.3, 0.4) is 0 Å². The van der Waals surface area contributed by atoms with E-state index in [9.17, 15) is 14.7 Å². The topological polar surface area (TPSA) is 69.2 Å². The van der Waals surface area contributed by atoms with E-state index in [1.54, 1.807) is 0 Å². The van der Waals surface area contributed by atoms with Crippen molar-refractivity contribution < 1.29 is 31.8 Å². The Labute approximate surface area is 69.5 Å². The molecule has 0 aromatic heterocycles. The molecule has 10 heavy (non-hydrogen) atoms. The number of nitrogens with one attached hydrogen (secondary N) is 1. The van der Waals surface area contributed by atoms with Crippen molar-refractivity contribution in [3.63, 3.8) is 0 Å². The average molecular weight is 194 g/mol. The first-order chi connectivity index (χ1) is 4.04. The third-order valence-electron chi connectivity index (χ3n) is 0.773. The number of hydrogen-bond acceptors (Lipinski definition) is 3. The predicted molar refractivity (Wildman–Crippen MR) is 28.3 cm³/mol. The monoisotopic (exact) mass is 193 g/mol.